The Labute approximate surface area is 173 Å². The number of benzene rings is 2. The summed E-state index contributed by atoms with van der Waals surface area (Å²) in [4.78, 5) is 30.7. The number of carbonyl (C=O) groups excluding carboxylic acids is 1. The van der Waals surface area contributed by atoms with Crippen LogP contribution in [0.2, 0.25) is 0 Å². The van der Waals surface area contributed by atoms with Crippen molar-refractivity contribution in [1.29, 1.82) is 0 Å². The molecule has 0 bridgehead atoms. The first-order valence-corrected chi connectivity index (χ1v) is 10.1. The molecule has 0 aliphatic heterocycles. The second kappa shape index (κ2) is 7.69. The number of nitrogens with zero attached hydrogens (tertiary/aromatic N) is 2. The third-order valence-corrected chi connectivity index (χ3v) is 5.86. The quantitative estimate of drug-likeness (QED) is 0.407. The highest BCUT2D eigenvalue weighted by Crippen LogP contribution is 2.31. The first-order chi connectivity index (χ1) is 13.6. The third-order valence-electron chi connectivity index (χ3n) is 4.44. The molecule has 0 fully saturated rings. The van der Waals surface area contributed by atoms with E-state index in [-0.39, 0.29) is 17.9 Å². The van der Waals surface area contributed by atoms with Crippen LogP contribution in [-0.2, 0) is 6.54 Å². The van der Waals surface area contributed by atoms with Crippen molar-refractivity contribution < 1.29 is 9.53 Å². The molecule has 4 rings (SSSR count). The summed E-state index contributed by atoms with van der Waals surface area (Å²) in [5.74, 6) is 0.607. The van der Waals surface area contributed by atoms with Crippen molar-refractivity contribution >= 4 is 43.3 Å². The maximum Gasteiger partial charge on any atom is 0.263 e. The van der Waals surface area contributed by atoms with E-state index in [0.717, 1.165) is 21.3 Å². The Balaban J connectivity index is 1.72. The smallest absolute Gasteiger partial charge is 0.263 e. The summed E-state index contributed by atoms with van der Waals surface area (Å²) in [6.07, 6.45) is 1.44. The molecule has 0 amide bonds. The number of Topliss-reactive ketones (excluding diaryl/α,β-unsaturated/α-hetero) is 1. The van der Waals surface area contributed by atoms with Gasteiger partial charge in [-0.25, -0.2) is 4.98 Å². The number of ether oxygens (including phenoxy) is 1. The normalized spacial score (nSPS) is 10.9. The second-order valence-corrected chi connectivity index (χ2v) is 7.94. The van der Waals surface area contributed by atoms with Crippen molar-refractivity contribution in [3.63, 3.8) is 0 Å². The van der Waals surface area contributed by atoms with Gasteiger partial charge in [-0.15, -0.1) is 11.3 Å². The Kier molecular flexibility index (Phi) is 5.11. The van der Waals surface area contributed by atoms with Crippen LogP contribution in [0, 0.1) is 0 Å². The van der Waals surface area contributed by atoms with Gasteiger partial charge in [0.1, 0.15) is 10.6 Å². The van der Waals surface area contributed by atoms with Crippen molar-refractivity contribution in [3.05, 3.63) is 80.6 Å². The number of halogens is 1. The minimum Gasteiger partial charge on any atom is -0.497 e. The molecule has 2 heterocycles. The Bertz CT molecular complexity index is 1210. The average Bonchev–Trinajstić information content (AvgIpc) is 3.15. The van der Waals surface area contributed by atoms with E-state index in [4.69, 9.17) is 4.74 Å². The van der Waals surface area contributed by atoms with Crippen LogP contribution < -0.4 is 10.3 Å². The largest absolute Gasteiger partial charge is 0.497 e. The molecular weight excluding hydrogens is 440 g/mol. The molecule has 7 heteroatoms. The summed E-state index contributed by atoms with van der Waals surface area (Å²) in [5.41, 5.74) is 2.05. The van der Waals surface area contributed by atoms with Gasteiger partial charge in [0.05, 0.1) is 25.4 Å². The zero-order valence-electron chi connectivity index (χ0n) is 14.9. The average molecular weight is 455 g/mol. The summed E-state index contributed by atoms with van der Waals surface area (Å²) in [6, 6.07) is 14.6. The Hall–Kier alpha value is -2.77. The zero-order chi connectivity index (χ0) is 19.7. The summed E-state index contributed by atoms with van der Waals surface area (Å²) in [5, 5.41) is 2.45. The second-order valence-electron chi connectivity index (χ2n) is 6.17. The molecule has 0 aliphatic rings. The first-order valence-electron chi connectivity index (χ1n) is 8.46. The summed E-state index contributed by atoms with van der Waals surface area (Å²) >= 11 is 4.76. The highest BCUT2D eigenvalue weighted by molar-refractivity contribution is 9.10. The van der Waals surface area contributed by atoms with Crippen LogP contribution in [0.5, 0.6) is 5.75 Å². The lowest BCUT2D eigenvalue weighted by Crippen LogP contribution is -2.24. The van der Waals surface area contributed by atoms with Crippen LogP contribution >= 0.6 is 27.3 Å². The number of ketones is 1. The number of hydrogen-bond donors (Lipinski definition) is 0. The van der Waals surface area contributed by atoms with Crippen LogP contribution in [0.4, 0.5) is 0 Å². The van der Waals surface area contributed by atoms with Gasteiger partial charge in [-0.05, 0) is 29.8 Å². The first kappa shape index (κ1) is 18.6. The number of fused-ring (bicyclic) bond motifs is 1. The van der Waals surface area contributed by atoms with Gasteiger partial charge in [-0.3, -0.25) is 14.2 Å². The van der Waals surface area contributed by atoms with E-state index in [2.05, 4.69) is 20.9 Å². The molecular formula is C21H15BrN2O3S. The van der Waals surface area contributed by atoms with Gasteiger partial charge < -0.3 is 4.74 Å². The van der Waals surface area contributed by atoms with Crippen LogP contribution in [0.1, 0.15) is 10.4 Å². The minimum atomic E-state index is -0.220. The minimum absolute atomic E-state index is 0.0543. The zero-order valence-corrected chi connectivity index (χ0v) is 17.3. The van der Waals surface area contributed by atoms with Crippen molar-refractivity contribution in [1.82, 2.24) is 9.55 Å². The Morgan fingerprint density at radius 1 is 1.14 bits per heavy atom. The number of rotatable bonds is 5. The summed E-state index contributed by atoms with van der Waals surface area (Å²) < 4.78 is 7.46. The van der Waals surface area contributed by atoms with E-state index in [0.29, 0.717) is 15.8 Å². The molecule has 2 aromatic heterocycles. The number of thiophene rings is 1. The van der Waals surface area contributed by atoms with Crippen LogP contribution in [-0.4, -0.2) is 22.4 Å². The molecule has 28 heavy (non-hydrogen) atoms. The highest BCUT2D eigenvalue weighted by atomic mass is 79.9. The van der Waals surface area contributed by atoms with Crippen molar-refractivity contribution in [2.75, 3.05) is 7.11 Å². The lowest BCUT2D eigenvalue weighted by molar-refractivity contribution is 0.0970. The molecule has 2 aromatic carbocycles. The van der Waals surface area contributed by atoms with Crippen molar-refractivity contribution in [3.8, 4) is 16.9 Å². The van der Waals surface area contributed by atoms with Crippen LogP contribution in [0.15, 0.2) is 69.5 Å². The SMILES string of the molecule is COc1ccc(-c2csc3ncn(CC(=O)c4ccc(Br)cc4)c(=O)c23)cc1. The predicted molar refractivity (Wildman–Crippen MR) is 114 cm³/mol. The predicted octanol–water partition coefficient (Wildman–Crippen LogP) is 4.78. The summed E-state index contributed by atoms with van der Waals surface area (Å²) in [6.45, 7) is -0.0543. The highest BCUT2D eigenvalue weighted by Gasteiger charge is 2.15. The Morgan fingerprint density at radius 2 is 1.86 bits per heavy atom. The van der Waals surface area contributed by atoms with Gasteiger partial charge in [-0.2, -0.15) is 0 Å². The summed E-state index contributed by atoms with van der Waals surface area (Å²) in [7, 11) is 1.61. The molecule has 5 nitrogen and oxygen atoms in total. The van der Waals surface area contributed by atoms with E-state index >= 15 is 0 Å². The molecule has 0 saturated heterocycles. The maximum absolute atomic E-state index is 13.1. The maximum atomic E-state index is 13.1. The number of aromatic nitrogens is 2. The molecule has 0 radical (unpaired) electrons. The van der Waals surface area contributed by atoms with Crippen molar-refractivity contribution in [2.45, 2.75) is 6.54 Å². The van der Waals surface area contributed by atoms with Gasteiger partial charge in [0.15, 0.2) is 5.78 Å². The number of hydrogen-bond acceptors (Lipinski definition) is 5. The van der Waals surface area contributed by atoms with Gasteiger partial charge in [0.2, 0.25) is 0 Å². The van der Waals surface area contributed by atoms with Crippen LogP contribution in [0.3, 0.4) is 0 Å². The molecule has 0 saturated carbocycles. The van der Waals surface area contributed by atoms with E-state index in [1.54, 1.807) is 31.4 Å². The topological polar surface area (TPSA) is 61.2 Å². The number of carbonyl (C=O) groups is 1. The monoisotopic (exact) mass is 454 g/mol. The fourth-order valence-corrected chi connectivity index (χ4v) is 4.12. The van der Waals surface area contributed by atoms with Crippen molar-refractivity contribution in [2.24, 2.45) is 0 Å². The molecule has 0 N–H and O–H groups in total. The van der Waals surface area contributed by atoms with E-state index in [9.17, 15) is 9.59 Å². The molecule has 0 unspecified atom stereocenters. The van der Waals surface area contributed by atoms with Gasteiger partial charge in [0, 0.05) is 21.0 Å². The van der Waals surface area contributed by atoms with Gasteiger partial charge in [0.25, 0.3) is 5.56 Å². The lowest BCUT2D eigenvalue weighted by atomic mass is 10.1. The molecule has 0 atom stereocenters. The van der Waals surface area contributed by atoms with Gasteiger partial charge >= 0.3 is 0 Å². The third kappa shape index (κ3) is 3.50. The standard InChI is InChI=1S/C21H15BrN2O3S/c1-27-16-8-4-13(5-9-16)17-11-28-20-19(17)21(26)24(12-23-20)10-18(25)14-2-6-15(22)7-3-14/h2-9,11-12H,10H2,1H3. The van der Waals surface area contributed by atoms with E-state index in [1.807, 2.05) is 29.6 Å². The lowest BCUT2D eigenvalue weighted by Gasteiger charge is -2.06. The molecule has 4 aromatic rings. The number of methoxy groups -OCH3 is 1. The fraction of sp³-hybridized carbons (Fsp3) is 0.0952. The molecule has 0 spiro atoms. The fourth-order valence-electron chi connectivity index (χ4n) is 2.94. The van der Waals surface area contributed by atoms with E-state index in [1.165, 1.54) is 22.2 Å². The van der Waals surface area contributed by atoms with Gasteiger partial charge in [-0.1, -0.05) is 40.2 Å². The molecule has 140 valence electrons. The van der Waals surface area contributed by atoms with Crippen LogP contribution in [0.25, 0.3) is 21.3 Å². The Morgan fingerprint density at radius 3 is 2.54 bits per heavy atom. The molecule has 0 aliphatic carbocycles. The van der Waals surface area contributed by atoms with E-state index < -0.39 is 0 Å².